The van der Waals surface area contributed by atoms with Crippen LogP contribution in [-0.2, 0) is 4.79 Å². The van der Waals surface area contributed by atoms with Crippen LogP contribution in [0.15, 0.2) is 0 Å². The molecule has 0 unspecified atom stereocenters. The summed E-state index contributed by atoms with van der Waals surface area (Å²) in [5, 5.41) is 2.24. The van der Waals surface area contributed by atoms with Crippen LogP contribution in [-0.4, -0.2) is 10.8 Å². The lowest BCUT2D eigenvalue weighted by Crippen LogP contribution is -2.33. The maximum atomic E-state index is 10.8. The number of rotatable bonds is 1. The van der Waals surface area contributed by atoms with Crippen LogP contribution in [0.25, 0.3) is 0 Å². The molecule has 2 nitrogen and oxygen atoms in total. The Bertz CT molecular complexity index is 157. The summed E-state index contributed by atoms with van der Waals surface area (Å²) in [5.74, 6) is -0.262. The van der Waals surface area contributed by atoms with E-state index in [0.717, 1.165) is 0 Å². The average Bonchev–Trinajstić information content (AvgIpc) is 1.83. The molecule has 0 aliphatic rings. The molecule has 0 saturated heterocycles. The van der Waals surface area contributed by atoms with Crippen molar-refractivity contribution >= 4 is 23.0 Å². The van der Waals surface area contributed by atoms with E-state index in [9.17, 15) is 4.79 Å². The van der Waals surface area contributed by atoms with Crippen LogP contribution in [0.5, 0.6) is 0 Å². The highest BCUT2D eigenvalue weighted by Crippen LogP contribution is 2.15. The molecule has 0 spiro atoms. The van der Waals surface area contributed by atoms with Crippen LogP contribution >= 0.6 is 12.2 Å². The molecule has 0 aliphatic carbocycles. The van der Waals surface area contributed by atoms with Crippen molar-refractivity contribution in [1.82, 2.24) is 5.32 Å². The van der Waals surface area contributed by atoms with E-state index in [1.165, 1.54) is 0 Å². The first-order chi connectivity index (χ1) is 4.39. The van der Waals surface area contributed by atoms with Crippen molar-refractivity contribution in [3.05, 3.63) is 7.05 Å². The van der Waals surface area contributed by atoms with Crippen LogP contribution in [0.4, 0.5) is 0 Å². The van der Waals surface area contributed by atoms with Crippen molar-refractivity contribution in [1.29, 1.82) is 0 Å². The van der Waals surface area contributed by atoms with Crippen molar-refractivity contribution in [3.8, 4) is 0 Å². The van der Waals surface area contributed by atoms with Crippen LogP contribution in [0.2, 0.25) is 0 Å². The zero-order chi connectivity index (χ0) is 8.36. The summed E-state index contributed by atoms with van der Waals surface area (Å²) < 4.78 is 0. The fraction of sp³-hybridized carbons (Fsp3) is 0.571. The third kappa shape index (κ3) is 2.43. The highest BCUT2D eigenvalue weighted by Gasteiger charge is 2.22. The number of hydrogen-bond acceptors (Lipinski definition) is 2. The van der Waals surface area contributed by atoms with Gasteiger partial charge in [0.05, 0.1) is 4.86 Å². The number of amides is 1. The van der Waals surface area contributed by atoms with Gasteiger partial charge in [0.1, 0.15) is 0 Å². The second-order valence-corrected chi connectivity index (χ2v) is 3.49. The standard InChI is InChI=1S/C7H12NOS/c1-7(2,3)5(10)6(9)8-4/h4H2,1-3H3,(H,8,9). The van der Waals surface area contributed by atoms with E-state index in [-0.39, 0.29) is 11.3 Å². The summed E-state index contributed by atoms with van der Waals surface area (Å²) in [6, 6.07) is 0. The predicted octanol–water partition coefficient (Wildman–Crippen LogP) is 1.31. The van der Waals surface area contributed by atoms with E-state index in [0.29, 0.717) is 4.86 Å². The number of carbonyl (C=O) groups excluding carboxylic acids is 1. The molecule has 0 heterocycles. The smallest absolute Gasteiger partial charge is 0.258 e. The van der Waals surface area contributed by atoms with Crippen LogP contribution in [0.3, 0.4) is 0 Å². The molecule has 0 aromatic rings. The van der Waals surface area contributed by atoms with Gasteiger partial charge in [-0.05, 0) is 0 Å². The van der Waals surface area contributed by atoms with Gasteiger partial charge in [-0.2, -0.15) is 0 Å². The molecular weight excluding hydrogens is 146 g/mol. The van der Waals surface area contributed by atoms with Crippen LogP contribution in [0, 0.1) is 12.5 Å². The van der Waals surface area contributed by atoms with Gasteiger partial charge < -0.3 is 5.32 Å². The third-order valence-corrected chi connectivity index (χ3v) is 1.85. The summed E-state index contributed by atoms with van der Waals surface area (Å²) in [5.41, 5.74) is -0.239. The average molecular weight is 158 g/mol. The second kappa shape index (κ2) is 3.10. The Balaban J connectivity index is 4.24. The molecule has 1 radical (unpaired) electrons. The van der Waals surface area contributed by atoms with E-state index in [1.807, 2.05) is 20.8 Å². The molecule has 0 bridgehead atoms. The van der Waals surface area contributed by atoms with Crippen molar-refractivity contribution in [2.45, 2.75) is 20.8 Å². The van der Waals surface area contributed by atoms with Crippen molar-refractivity contribution in [2.24, 2.45) is 5.41 Å². The van der Waals surface area contributed by atoms with Gasteiger partial charge in [-0.25, -0.2) is 0 Å². The molecule has 0 saturated carbocycles. The van der Waals surface area contributed by atoms with Gasteiger partial charge in [0.15, 0.2) is 0 Å². The van der Waals surface area contributed by atoms with Gasteiger partial charge in [-0.15, -0.1) is 0 Å². The van der Waals surface area contributed by atoms with E-state index in [4.69, 9.17) is 12.2 Å². The van der Waals surface area contributed by atoms with Crippen molar-refractivity contribution < 1.29 is 4.79 Å². The summed E-state index contributed by atoms with van der Waals surface area (Å²) in [6.45, 7) is 5.68. The highest BCUT2D eigenvalue weighted by molar-refractivity contribution is 7.82. The molecule has 0 atom stereocenters. The fourth-order valence-corrected chi connectivity index (χ4v) is 0.493. The second-order valence-electron chi connectivity index (χ2n) is 3.09. The number of carbonyl (C=O) groups is 1. The zero-order valence-corrected chi connectivity index (χ0v) is 7.34. The molecule has 10 heavy (non-hydrogen) atoms. The van der Waals surface area contributed by atoms with Crippen LogP contribution < -0.4 is 5.32 Å². The minimum atomic E-state index is -0.262. The van der Waals surface area contributed by atoms with E-state index in [2.05, 4.69) is 12.4 Å². The largest absolute Gasteiger partial charge is 0.350 e. The number of thiocarbonyl (C=S) groups is 1. The van der Waals surface area contributed by atoms with Crippen LogP contribution in [0.1, 0.15) is 20.8 Å². The van der Waals surface area contributed by atoms with Gasteiger partial charge in [0.2, 0.25) is 0 Å². The zero-order valence-electron chi connectivity index (χ0n) is 6.52. The maximum absolute atomic E-state index is 10.8. The number of nitrogens with one attached hydrogen (secondary N) is 1. The molecule has 57 valence electrons. The van der Waals surface area contributed by atoms with Gasteiger partial charge in [0.25, 0.3) is 5.91 Å². The molecule has 3 heteroatoms. The molecule has 0 aromatic heterocycles. The van der Waals surface area contributed by atoms with Crippen molar-refractivity contribution in [3.63, 3.8) is 0 Å². The Kier molecular flexibility index (Phi) is 2.96. The van der Waals surface area contributed by atoms with Gasteiger partial charge >= 0.3 is 0 Å². The Labute approximate surface area is 67.0 Å². The first-order valence-corrected chi connectivity index (χ1v) is 3.42. The Morgan fingerprint density at radius 2 is 1.90 bits per heavy atom. The van der Waals surface area contributed by atoms with Gasteiger partial charge in [-0.1, -0.05) is 33.0 Å². The van der Waals surface area contributed by atoms with E-state index in [1.54, 1.807) is 0 Å². The summed E-state index contributed by atoms with van der Waals surface area (Å²) in [4.78, 5) is 11.2. The molecule has 1 N–H and O–H groups in total. The molecular formula is C7H12NOS. The molecule has 0 rings (SSSR count). The summed E-state index contributed by atoms with van der Waals surface area (Å²) >= 11 is 4.86. The molecule has 1 amide bonds. The fourth-order valence-electron chi connectivity index (χ4n) is 0.421. The normalized spacial score (nSPS) is 10.8. The maximum Gasteiger partial charge on any atom is 0.258 e. The minimum Gasteiger partial charge on any atom is -0.350 e. The number of hydrogen-bond donors (Lipinski definition) is 1. The van der Waals surface area contributed by atoms with E-state index >= 15 is 0 Å². The lowest BCUT2D eigenvalue weighted by molar-refractivity contribution is -0.114. The monoisotopic (exact) mass is 158 g/mol. The first-order valence-electron chi connectivity index (χ1n) is 3.01. The topological polar surface area (TPSA) is 29.1 Å². The third-order valence-electron chi connectivity index (χ3n) is 1.05. The van der Waals surface area contributed by atoms with E-state index < -0.39 is 0 Å². The SMILES string of the molecule is [CH2]NC(=O)C(=S)C(C)(C)C. The quantitative estimate of drug-likeness (QED) is 0.583. The molecule has 0 aliphatic heterocycles. The Morgan fingerprint density at radius 3 is 2.00 bits per heavy atom. The minimum absolute atomic E-state index is 0.239. The van der Waals surface area contributed by atoms with Gasteiger partial charge in [-0.3, -0.25) is 4.79 Å². The van der Waals surface area contributed by atoms with Gasteiger partial charge in [0, 0.05) is 12.5 Å². The first kappa shape index (κ1) is 9.56. The Morgan fingerprint density at radius 1 is 1.50 bits per heavy atom. The highest BCUT2D eigenvalue weighted by atomic mass is 32.1. The summed E-state index contributed by atoms with van der Waals surface area (Å²) in [7, 11) is 3.23. The summed E-state index contributed by atoms with van der Waals surface area (Å²) in [6.07, 6.45) is 0. The predicted molar refractivity (Wildman–Crippen MR) is 45.6 cm³/mol. The molecule has 0 fully saturated rings. The van der Waals surface area contributed by atoms with Crippen molar-refractivity contribution in [2.75, 3.05) is 0 Å². The lowest BCUT2D eigenvalue weighted by Gasteiger charge is -2.17. The Hall–Kier alpha value is -0.440. The lowest BCUT2D eigenvalue weighted by atomic mass is 9.92. The molecule has 0 aromatic carbocycles.